The number of anilines is 4. The van der Waals surface area contributed by atoms with Crippen LogP contribution in [0.15, 0.2) is 0 Å². The third-order valence-corrected chi connectivity index (χ3v) is 3.13. The summed E-state index contributed by atoms with van der Waals surface area (Å²) in [7, 11) is 6.98. The van der Waals surface area contributed by atoms with Crippen LogP contribution in [-0.4, -0.2) is 59.7 Å². The van der Waals surface area contributed by atoms with Crippen molar-refractivity contribution >= 4 is 23.5 Å². The molecular weight excluding hydrogens is 570 g/mol. The average Bonchev–Trinajstić information content (AvgIpc) is 3.36. The molecule has 0 aliphatic heterocycles. The van der Waals surface area contributed by atoms with Crippen molar-refractivity contribution in [3.8, 4) is 0 Å². The maximum Gasteiger partial charge on any atom is 0.260 e. The van der Waals surface area contributed by atoms with E-state index in [4.69, 9.17) is 22.9 Å². The van der Waals surface area contributed by atoms with E-state index in [0.29, 0.717) is 17.6 Å². The van der Waals surface area contributed by atoms with Crippen molar-refractivity contribution < 1.29 is 65.4 Å². The Bertz CT molecular complexity index is 877. The first kappa shape index (κ1) is 32.1. The van der Waals surface area contributed by atoms with E-state index in [2.05, 4.69) is 53.1 Å². The Balaban J connectivity index is 0. The van der Waals surface area contributed by atoms with E-state index in [9.17, 15) is 0 Å². The molecule has 0 aliphatic rings. The van der Waals surface area contributed by atoms with Crippen LogP contribution in [0.3, 0.4) is 0 Å². The van der Waals surface area contributed by atoms with E-state index >= 15 is 0 Å². The molecule has 0 bridgehead atoms. The summed E-state index contributed by atoms with van der Waals surface area (Å²) in [5.74, 6) is 2.18. The minimum Gasteiger partial charge on any atom is -0.411 e. The summed E-state index contributed by atoms with van der Waals surface area (Å²) < 4.78 is 3.32. The Morgan fingerprint density at radius 2 is 1.34 bits per heavy atom. The summed E-state index contributed by atoms with van der Waals surface area (Å²) >= 11 is 0. The fourth-order valence-corrected chi connectivity index (χ4v) is 1.64. The summed E-state index contributed by atoms with van der Waals surface area (Å²) in [6.07, 6.45) is 2.45. The molecule has 4 rings (SSSR count). The first-order valence-corrected chi connectivity index (χ1v) is 8.33. The first-order chi connectivity index (χ1) is 14.0. The third-order valence-electron chi connectivity index (χ3n) is 3.13. The van der Waals surface area contributed by atoms with Gasteiger partial charge < -0.3 is 38.8 Å². The second-order valence-electron chi connectivity index (χ2n) is 5.68. The number of tetrazole rings is 1. The molecule has 2 radical (unpaired) electrons. The summed E-state index contributed by atoms with van der Waals surface area (Å²) in [6, 6.07) is 2.84. The fourth-order valence-electron chi connectivity index (χ4n) is 1.64. The molecule has 4 aromatic rings. The van der Waals surface area contributed by atoms with Crippen LogP contribution in [0.1, 0.15) is 11.5 Å². The SMILES string of the molecule is Cc1[c-]c(N)nn1C.Cc1nc(N)nn1C.Cn1n[c-]c(N)n1.Cn1nnc(N)n1.[Y].[Y]. The first-order valence-electron chi connectivity index (χ1n) is 8.33. The Labute approximate surface area is 235 Å². The van der Waals surface area contributed by atoms with E-state index in [1.807, 2.05) is 20.9 Å². The van der Waals surface area contributed by atoms with Crippen LogP contribution >= 0.6 is 0 Å². The molecule has 0 aromatic carbocycles. The molecule has 4 aromatic heterocycles. The Morgan fingerprint density at radius 1 is 0.719 bits per heavy atom. The van der Waals surface area contributed by atoms with Gasteiger partial charge in [0.2, 0.25) is 5.95 Å². The van der Waals surface area contributed by atoms with Gasteiger partial charge in [-0.1, -0.05) is 12.0 Å². The van der Waals surface area contributed by atoms with Gasteiger partial charge in [-0.05, 0) is 23.8 Å². The van der Waals surface area contributed by atoms with Gasteiger partial charge in [-0.15, -0.1) is 15.9 Å². The summed E-state index contributed by atoms with van der Waals surface area (Å²) in [5.41, 5.74) is 21.7. The van der Waals surface area contributed by atoms with Gasteiger partial charge in [0.15, 0.2) is 0 Å². The van der Waals surface area contributed by atoms with Crippen LogP contribution in [0.4, 0.5) is 23.5 Å². The van der Waals surface area contributed by atoms with Crippen molar-refractivity contribution in [3.63, 3.8) is 0 Å². The second kappa shape index (κ2) is 15.7. The standard InChI is InChI=1S/C5H8N3.C4H8N4.C3H5N4.C2H5N5.2Y/c1-4-3-5(6)7-8(4)2;1-3-6-4(5)7-8(3)2;1-7-5-2-3(4)6-7;1-7-5-2(3)4-6-7;;/h1-2H3,(H2,6,7);1-2H3,(H2,5,7);1H3,(H2,4,6);1H3,(H2,3,5);;/q-1;;-1;;;. The molecular formula is C14H26N16Y2-2. The molecule has 0 amide bonds. The molecule has 18 heteroatoms. The van der Waals surface area contributed by atoms with Gasteiger partial charge in [0.25, 0.3) is 5.95 Å². The van der Waals surface area contributed by atoms with Crippen molar-refractivity contribution in [3.05, 3.63) is 23.8 Å². The number of aromatic nitrogens is 12. The monoisotopic (exact) mass is 596 g/mol. The van der Waals surface area contributed by atoms with Crippen LogP contribution in [-0.2, 0) is 93.6 Å². The van der Waals surface area contributed by atoms with E-state index in [-0.39, 0.29) is 71.4 Å². The average molecular weight is 596 g/mol. The molecule has 0 unspecified atom stereocenters. The molecule has 0 fully saturated rings. The quantitative estimate of drug-likeness (QED) is 0.159. The number of rotatable bonds is 0. The molecule has 0 saturated carbocycles. The third kappa shape index (κ3) is 12.7. The zero-order valence-electron chi connectivity index (χ0n) is 18.8. The fraction of sp³-hybridized carbons (Fsp3) is 0.429. The van der Waals surface area contributed by atoms with E-state index in [1.165, 1.54) is 9.59 Å². The molecule has 8 N–H and O–H groups in total. The van der Waals surface area contributed by atoms with E-state index < -0.39 is 0 Å². The number of hydrogen-bond donors (Lipinski definition) is 4. The molecule has 0 saturated heterocycles. The van der Waals surface area contributed by atoms with Gasteiger partial charge in [-0.25, -0.2) is 4.80 Å². The minimum absolute atomic E-state index is 0. The molecule has 32 heavy (non-hydrogen) atoms. The number of nitrogen functional groups attached to an aromatic ring is 4. The predicted octanol–water partition coefficient (Wildman–Crippen LogP) is -2.20. The Hall–Kier alpha value is -2.03. The molecule has 0 atom stereocenters. The van der Waals surface area contributed by atoms with Gasteiger partial charge in [0.05, 0.1) is 7.05 Å². The number of nitrogens with two attached hydrogens (primary N) is 4. The molecule has 0 aliphatic carbocycles. The van der Waals surface area contributed by atoms with Crippen molar-refractivity contribution in [2.75, 3.05) is 22.9 Å². The Morgan fingerprint density at radius 3 is 1.47 bits per heavy atom. The van der Waals surface area contributed by atoms with E-state index in [0.717, 1.165) is 11.5 Å². The van der Waals surface area contributed by atoms with E-state index in [1.54, 1.807) is 30.5 Å². The summed E-state index contributed by atoms with van der Waals surface area (Å²) in [4.78, 5) is 6.50. The maximum absolute atomic E-state index is 5.29. The van der Waals surface area contributed by atoms with Crippen molar-refractivity contribution in [2.45, 2.75) is 13.8 Å². The van der Waals surface area contributed by atoms with Crippen molar-refractivity contribution in [1.82, 2.24) is 59.7 Å². The number of aryl methyl sites for hydroxylation is 6. The second-order valence-corrected chi connectivity index (χ2v) is 5.68. The molecule has 170 valence electrons. The van der Waals surface area contributed by atoms with Crippen LogP contribution in [0, 0.1) is 26.1 Å². The van der Waals surface area contributed by atoms with Gasteiger partial charge >= 0.3 is 0 Å². The zero-order valence-corrected chi connectivity index (χ0v) is 24.5. The van der Waals surface area contributed by atoms with Crippen molar-refractivity contribution in [2.24, 2.45) is 28.2 Å². The van der Waals surface area contributed by atoms with Gasteiger partial charge in [-0.2, -0.15) is 20.0 Å². The summed E-state index contributed by atoms with van der Waals surface area (Å²) in [6.45, 7) is 3.76. The normalized spacial score (nSPS) is 8.94. The van der Waals surface area contributed by atoms with Crippen molar-refractivity contribution in [1.29, 1.82) is 0 Å². The van der Waals surface area contributed by atoms with Gasteiger partial charge in [0.1, 0.15) is 5.82 Å². The molecule has 0 spiro atoms. The topological polar surface area (TPSA) is 227 Å². The molecule has 16 nitrogen and oxygen atoms in total. The van der Waals surface area contributed by atoms with Crippen LogP contribution in [0.2, 0.25) is 0 Å². The van der Waals surface area contributed by atoms with Gasteiger partial charge in [0, 0.05) is 86.6 Å². The smallest absolute Gasteiger partial charge is 0.260 e. The predicted molar refractivity (Wildman–Crippen MR) is 109 cm³/mol. The minimum atomic E-state index is 0. The van der Waals surface area contributed by atoms with Crippen LogP contribution in [0.25, 0.3) is 0 Å². The van der Waals surface area contributed by atoms with Crippen LogP contribution in [0.5, 0.6) is 0 Å². The number of hydrogen-bond acceptors (Lipinski definition) is 12. The maximum atomic E-state index is 5.29. The zero-order chi connectivity index (χ0) is 22.8. The van der Waals surface area contributed by atoms with Gasteiger partial charge in [-0.3, -0.25) is 10.9 Å². The largest absolute Gasteiger partial charge is 0.411 e. The van der Waals surface area contributed by atoms with Crippen LogP contribution < -0.4 is 22.9 Å². The number of nitrogens with zero attached hydrogens (tertiary/aromatic N) is 12. The summed E-state index contributed by atoms with van der Waals surface area (Å²) in [5, 5.41) is 25.3. The Kier molecular flexibility index (Phi) is 15.8. The molecule has 4 heterocycles.